The molecule has 1 heterocycles. The van der Waals surface area contributed by atoms with Gasteiger partial charge in [0.15, 0.2) is 0 Å². The molecule has 2 rings (SSSR count). The molecule has 4 nitrogen and oxygen atoms in total. The van der Waals surface area contributed by atoms with E-state index in [4.69, 9.17) is 58.0 Å². The first-order valence-electron chi connectivity index (χ1n) is 5.62. The molecule has 22 heavy (non-hydrogen) atoms. The van der Waals surface area contributed by atoms with Gasteiger partial charge in [-0.1, -0.05) is 58.0 Å². The maximum Gasteiger partial charge on any atom is 0.343 e. The summed E-state index contributed by atoms with van der Waals surface area (Å²) in [6.07, 6.45) is 1.32. The number of ether oxygens (including phenoxy) is 1. The summed E-state index contributed by atoms with van der Waals surface area (Å²) in [5.41, 5.74) is -0.261. The van der Waals surface area contributed by atoms with E-state index in [9.17, 15) is 9.59 Å². The molecule has 1 aromatic heterocycles. The fraction of sp³-hybridized carbons (Fsp3) is 0.0769. The third kappa shape index (κ3) is 2.94. The van der Waals surface area contributed by atoms with Crippen LogP contribution >= 0.6 is 58.0 Å². The van der Waals surface area contributed by atoms with Gasteiger partial charge in [-0.3, -0.25) is 4.79 Å². The monoisotopic (exact) mass is 399 g/mol. The highest BCUT2D eigenvalue weighted by Crippen LogP contribution is 2.47. The van der Waals surface area contributed by atoms with Crippen molar-refractivity contribution >= 4 is 64.0 Å². The Bertz CT molecular complexity index is 802. The minimum Gasteiger partial charge on any atom is -0.465 e. The second-order valence-electron chi connectivity index (χ2n) is 4.07. The Morgan fingerprint density at radius 1 is 1.00 bits per heavy atom. The third-order valence-corrected chi connectivity index (χ3v) is 5.08. The van der Waals surface area contributed by atoms with E-state index in [0.29, 0.717) is 5.56 Å². The van der Waals surface area contributed by atoms with Crippen molar-refractivity contribution in [2.24, 2.45) is 0 Å². The van der Waals surface area contributed by atoms with E-state index in [1.807, 2.05) is 0 Å². The van der Waals surface area contributed by atoms with Crippen LogP contribution in [-0.4, -0.2) is 18.1 Å². The molecule has 0 fully saturated rings. The molecular weight excluding hydrogens is 395 g/mol. The molecule has 0 amide bonds. The summed E-state index contributed by atoms with van der Waals surface area (Å²) in [6, 6.07) is 1.28. The van der Waals surface area contributed by atoms with E-state index >= 15 is 0 Å². The van der Waals surface area contributed by atoms with Gasteiger partial charge >= 0.3 is 5.97 Å². The first-order valence-corrected chi connectivity index (χ1v) is 7.51. The van der Waals surface area contributed by atoms with Crippen molar-refractivity contribution in [1.82, 2.24) is 4.98 Å². The van der Waals surface area contributed by atoms with Crippen LogP contribution in [0.4, 0.5) is 0 Å². The van der Waals surface area contributed by atoms with Crippen molar-refractivity contribution in [3.8, 4) is 11.1 Å². The molecule has 2 aromatic rings. The zero-order valence-electron chi connectivity index (χ0n) is 10.8. The number of halogens is 5. The average Bonchev–Trinajstić information content (AvgIpc) is 2.52. The zero-order valence-corrected chi connectivity index (χ0v) is 14.5. The molecule has 0 atom stereocenters. The van der Waals surface area contributed by atoms with Gasteiger partial charge in [0.1, 0.15) is 5.56 Å². The van der Waals surface area contributed by atoms with Crippen molar-refractivity contribution in [2.45, 2.75) is 0 Å². The molecule has 0 aliphatic heterocycles. The number of hydrogen-bond donors (Lipinski definition) is 1. The normalized spacial score (nSPS) is 10.6. The Balaban J connectivity index is 2.79. The van der Waals surface area contributed by atoms with Crippen molar-refractivity contribution in [3.63, 3.8) is 0 Å². The largest absolute Gasteiger partial charge is 0.465 e. The zero-order chi connectivity index (χ0) is 16.6. The van der Waals surface area contributed by atoms with Crippen LogP contribution in [0.1, 0.15) is 10.4 Å². The standard InChI is InChI=1S/C13H6Cl5NO3/c1-22-13(21)5-2-4(3-19-12(5)20)6-7(14)9(16)11(18)10(17)8(6)15/h2-3H,1H3,(H,19,20). The molecule has 0 aliphatic carbocycles. The fourth-order valence-electron chi connectivity index (χ4n) is 1.75. The van der Waals surface area contributed by atoms with Crippen LogP contribution in [-0.2, 0) is 4.74 Å². The Morgan fingerprint density at radius 2 is 1.50 bits per heavy atom. The highest BCUT2D eigenvalue weighted by molar-refractivity contribution is 6.56. The van der Waals surface area contributed by atoms with Crippen molar-refractivity contribution in [1.29, 1.82) is 0 Å². The van der Waals surface area contributed by atoms with Crippen molar-refractivity contribution < 1.29 is 9.53 Å². The Labute approximate surface area is 149 Å². The van der Waals surface area contributed by atoms with Gasteiger partial charge in [0.2, 0.25) is 0 Å². The number of rotatable bonds is 2. The number of pyridine rings is 1. The predicted molar refractivity (Wildman–Crippen MR) is 88.9 cm³/mol. The number of aromatic amines is 1. The predicted octanol–water partition coefficient (Wildman–Crippen LogP) is 5.10. The summed E-state index contributed by atoms with van der Waals surface area (Å²) in [5.74, 6) is -0.804. The molecule has 116 valence electrons. The van der Waals surface area contributed by atoms with Gasteiger partial charge in [0, 0.05) is 17.3 Å². The highest BCUT2D eigenvalue weighted by Gasteiger charge is 2.22. The summed E-state index contributed by atoms with van der Waals surface area (Å²) in [6.45, 7) is 0. The quantitative estimate of drug-likeness (QED) is 0.433. The molecule has 0 radical (unpaired) electrons. The number of H-pyrrole nitrogens is 1. The van der Waals surface area contributed by atoms with E-state index in [2.05, 4.69) is 9.72 Å². The average molecular weight is 401 g/mol. The molecule has 1 N–H and O–H groups in total. The van der Waals surface area contributed by atoms with Gasteiger partial charge in [0.25, 0.3) is 5.56 Å². The molecule has 0 bridgehead atoms. The van der Waals surface area contributed by atoms with Crippen LogP contribution in [0.3, 0.4) is 0 Å². The van der Waals surface area contributed by atoms with Gasteiger partial charge in [-0.25, -0.2) is 4.79 Å². The minimum atomic E-state index is -0.804. The lowest BCUT2D eigenvalue weighted by molar-refractivity contribution is 0.0598. The fourth-order valence-corrected chi connectivity index (χ4v) is 3.10. The number of benzene rings is 1. The van der Waals surface area contributed by atoms with Gasteiger partial charge < -0.3 is 9.72 Å². The first kappa shape index (κ1) is 17.4. The van der Waals surface area contributed by atoms with Crippen LogP contribution in [0, 0.1) is 0 Å². The minimum absolute atomic E-state index is 0.0125. The molecule has 1 aromatic carbocycles. The smallest absolute Gasteiger partial charge is 0.343 e. The molecule has 0 aliphatic rings. The Hall–Kier alpha value is -0.910. The second-order valence-corrected chi connectivity index (χ2v) is 5.96. The van der Waals surface area contributed by atoms with E-state index in [-0.39, 0.29) is 36.2 Å². The molecule has 9 heteroatoms. The Kier molecular flexibility index (Phi) is 5.30. The molecule has 0 spiro atoms. The summed E-state index contributed by atoms with van der Waals surface area (Å²) in [4.78, 5) is 25.7. The molecule has 0 saturated carbocycles. The number of methoxy groups -OCH3 is 1. The van der Waals surface area contributed by atoms with Crippen molar-refractivity contribution in [2.75, 3.05) is 7.11 Å². The number of carbonyl (C=O) groups is 1. The maximum absolute atomic E-state index is 11.7. The lowest BCUT2D eigenvalue weighted by Gasteiger charge is -2.13. The van der Waals surface area contributed by atoms with E-state index in [1.54, 1.807) is 0 Å². The SMILES string of the molecule is COC(=O)c1cc(-c2c(Cl)c(Cl)c(Cl)c(Cl)c2Cl)c[nH]c1=O. The summed E-state index contributed by atoms with van der Waals surface area (Å²) in [5, 5.41) is 0.129. The van der Waals surface area contributed by atoms with Crippen LogP contribution in [0.25, 0.3) is 11.1 Å². The lowest BCUT2D eigenvalue weighted by Crippen LogP contribution is -2.18. The lowest BCUT2D eigenvalue weighted by atomic mass is 10.1. The van der Waals surface area contributed by atoms with Gasteiger partial charge in [0.05, 0.1) is 32.2 Å². The van der Waals surface area contributed by atoms with E-state index < -0.39 is 11.5 Å². The topological polar surface area (TPSA) is 59.2 Å². The van der Waals surface area contributed by atoms with Crippen molar-refractivity contribution in [3.05, 3.63) is 53.3 Å². The third-order valence-electron chi connectivity index (χ3n) is 2.81. The molecule has 0 unspecified atom stereocenters. The second kappa shape index (κ2) is 6.69. The Morgan fingerprint density at radius 3 is 2.00 bits per heavy atom. The summed E-state index contributed by atoms with van der Waals surface area (Å²) in [7, 11) is 1.16. The van der Waals surface area contributed by atoms with E-state index in [0.717, 1.165) is 7.11 Å². The van der Waals surface area contributed by atoms with Gasteiger partial charge in [-0.15, -0.1) is 0 Å². The number of hydrogen-bond acceptors (Lipinski definition) is 3. The van der Waals surface area contributed by atoms with Crippen LogP contribution in [0.15, 0.2) is 17.1 Å². The summed E-state index contributed by atoms with van der Waals surface area (Å²) < 4.78 is 4.54. The number of nitrogens with one attached hydrogen (secondary N) is 1. The first-order chi connectivity index (χ1) is 10.3. The van der Waals surface area contributed by atoms with Gasteiger partial charge in [-0.05, 0) is 6.07 Å². The van der Waals surface area contributed by atoms with Crippen LogP contribution in [0.5, 0.6) is 0 Å². The van der Waals surface area contributed by atoms with E-state index in [1.165, 1.54) is 12.3 Å². The number of aromatic nitrogens is 1. The van der Waals surface area contributed by atoms with Gasteiger partial charge in [-0.2, -0.15) is 0 Å². The van der Waals surface area contributed by atoms with Crippen LogP contribution < -0.4 is 5.56 Å². The number of esters is 1. The molecular formula is C13H6Cl5NO3. The highest BCUT2D eigenvalue weighted by atomic mass is 35.5. The molecule has 0 saturated heterocycles. The van der Waals surface area contributed by atoms with Crippen LogP contribution in [0.2, 0.25) is 25.1 Å². The maximum atomic E-state index is 11.7. The summed E-state index contributed by atoms with van der Waals surface area (Å²) >= 11 is 30.2. The number of carbonyl (C=O) groups excluding carboxylic acids is 1.